The first-order chi connectivity index (χ1) is 11.5. The van der Waals surface area contributed by atoms with Crippen molar-refractivity contribution in [3.05, 3.63) is 46.7 Å². The summed E-state index contributed by atoms with van der Waals surface area (Å²) in [5.74, 6) is -1.94. The van der Waals surface area contributed by atoms with Gasteiger partial charge < -0.3 is 21.1 Å². The lowest BCUT2D eigenvalue weighted by Crippen LogP contribution is -2.37. The minimum atomic E-state index is -0.865. The Balaban J connectivity index is 1.87. The molecule has 0 aliphatic heterocycles. The van der Waals surface area contributed by atoms with Gasteiger partial charge in [-0.1, -0.05) is 6.07 Å². The zero-order valence-electron chi connectivity index (χ0n) is 12.9. The molecule has 7 nitrogen and oxygen atoms in total. The number of thiophene rings is 1. The SMILES string of the molecule is CC(=O)Nc1cccc(NC(=O)C(=O)NCC(O)c2ccsc2)c1. The van der Waals surface area contributed by atoms with Gasteiger partial charge in [0.25, 0.3) is 0 Å². The molecule has 0 saturated heterocycles. The minimum absolute atomic E-state index is 0.0606. The zero-order chi connectivity index (χ0) is 17.5. The third-order valence-electron chi connectivity index (χ3n) is 3.03. The van der Waals surface area contributed by atoms with Crippen LogP contribution in [0.1, 0.15) is 18.6 Å². The van der Waals surface area contributed by atoms with E-state index in [9.17, 15) is 19.5 Å². The smallest absolute Gasteiger partial charge is 0.313 e. The molecule has 126 valence electrons. The maximum Gasteiger partial charge on any atom is 0.313 e. The Morgan fingerprint density at radius 2 is 1.83 bits per heavy atom. The summed E-state index contributed by atoms with van der Waals surface area (Å²) in [6.07, 6.45) is -0.865. The number of rotatable bonds is 5. The first-order valence-corrected chi connectivity index (χ1v) is 8.07. The number of nitrogens with one attached hydrogen (secondary N) is 3. The maximum atomic E-state index is 11.9. The highest BCUT2D eigenvalue weighted by Gasteiger charge is 2.16. The normalized spacial score (nSPS) is 11.4. The number of aliphatic hydroxyl groups is 1. The molecule has 0 spiro atoms. The highest BCUT2D eigenvalue weighted by atomic mass is 32.1. The van der Waals surface area contributed by atoms with Crippen molar-refractivity contribution in [2.45, 2.75) is 13.0 Å². The first kappa shape index (κ1) is 17.6. The number of benzene rings is 1. The molecule has 24 heavy (non-hydrogen) atoms. The zero-order valence-corrected chi connectivity index (χ0v) is 13.7. The molecule has 3 amide bonds. The van der Waals surface area contributed by atoms with Crippen molar-refractivity contribution < 1.29 is 19.5 Å². The Morgan fingerprint density at radius 1 is 1.12 bits per heavy atom. The van der Waals surface area contributed by atoms with Gasteiger partial charge >= 0.3 is 11.8 Å². The van der Waals surface area contributed by atoms with E-state index in [0.717, 1.165) is 0 Å². The Bertz CT molecular complexity index is 731. The Hall–Kier alpha value is -2.71. The second-order valence-electron chi connectivity index (χ2n) is 5.00. The van der Waals surface area contributed by atoms with E-state index in [0.29, 0.717) is 16.9 Å². The van der Waals surface area contributed by atoms with E-state index < -0.39 is 17.9 Å². The van der Waals surface area contributed by atoms with Gasteiger partial charge in [0.2, 0.25) is 5.91 Å². The fourth-order valence-corrected chi connectivity index (χ4v) is 2.62. The van der Waals surface area contributed by atoms with Crippen LogP contribution in [0.4, 0.5) is 11.4 Å². The van der Waals surface area contributed by atoms with Crippen molar-refractivity contribution in [2.24, 2.45) is 0 Å². The second-order valence-corrected chi connectivity index (χ2v) is 5.78. The van der Waals surface area contributed by atoms with E-state index >= 15 is 0 Å². The van der Waals surface area contributed by atoms with E-state index in [1.54, 1.807) is 29.6 Å². The van der Waals surface area contributed by atoms with Crippen molar-refractivity contribution in [1.82, 2.24) is 5.32 Å². The largest absolute Gasteiger partial charge is 0.387 e. The molecular weight excluding hydrogens is 330 g/mol. The Labute approximate surface area is 142 Å². The van der Waals surface area contributed by atoms with Gasteiger partial charge in [0.15, 0.2) is 0 Å². The van der Waals surface area contributed by atoms with E-state index in [1.807, 2.05) is 5.38 Å². The molecule has 1 aromatic carbocycles. The van der Waals surface area contributed by atoms with Crippen LogP contribution in [0, 0.1) is 0 Å². The van der Waals surface area contributed by atoms with Crippen LogP contribution >= 0.6 is 11.3 Å². The molecular formula is C16H17N3O4S. The molecule has 0 bridgehead atoms. The fraction of sp³-hybridized carbons (Fsp3) is 0.188. The van der Waals surface area contributed by atoms with Crippen LogP contribution in [0.3, 0.4) is 0 Å². The van der Waals surface area contributed by atoms with Crippen LogP contribution in [0.15, 0.2) is 41.1 Å². The molecule has 1 aromatic heterocycles. The monoisotopic (exact) mass is 347 g/mol. The van der Waals surface area contributed by atoms with Crippen molar-refractivity contribution in [1.29, 1.82) is 0 Å². The molecule has 0 radical (unpaired) electrons. The molecule has 4 N–H and O–H groups in total. The van der Waals surface area contributed by atoms with Crippen LogP contribution in [0.25, 0.3) is 0 Å². The summed E-state index contributed by atoms with van der Waals surface area (Å²) in [7, 11) is 0. The van der Waals surface area contributed by atoms with E-state index in [2.05, 4.69) is 16.0 Å². The molecule has 8 heteroatoms. The summed E-state index contributed by atoms with van der Waals surface area (Å²) < 4.78 is 0. The number of carbonyl (C=O) groups is 3. The van der Waals surface area contributed by atoms with Crippen molar-refractivity contribution in [3.8, 4) is 0 Å². The lowest BCUT2D eigenvalue weighted by Gasteiger charge is -2.11. The van der Waals surface area contributed by atoms with Crippen molar-refractivity contribution in [2.75, 3.05) is 17.2 Å². The van der Waals surface area contributed by atoms with E-state index in [-0.39, 0.29) is 12.5 Å². The molecule has 2 rings (SSSR count). The summed E-state index contributed by atoms with van der Waals surface area (Å²) in [4.78, 5) is 34.7. The van der Waals surface area contributed by atoms with Gasteiger partial charge in [-0.3, -0.25) is 14.4 Å². The van der Waals surface area contributed by atoms with Crippen LogP contribution in [-0.2, 0) is 14.4 Å². The third kappa shape index (κ3) is 5.18. The van der Waals surface area contributed by atoms with Gasteiger partial charge in [0.05, 0.1) is 6.10 Å². The number of hydrogen-bond acceptors (Lipinski definition) is 5. The molecule has 0 aliphatic carbocycles. The number of anilines is 2. The topological polar surface area (TPSA) is 108 Å². The predicted molar refractivity (Wildman–Crippen MR) is 91.7 cm³/mol. The summed E-state index contributed by atoms with van der Waals surface area (Å²) in [6, 6.07) is 8.17. The number of amides is 3. The highest BCUT2D eigenvalue weighted by molar-refractivity contribution is 7.07. The Morgan fingerprint density at radius 3 is 2.46 bits per heavy atom. The van der Waals surface area contributed by atoms with Gasteiger partial charge in [-0.25, -0.2) is 0 Å². The van der Waals surface area contributed by atoms with Crippen molar-refractivity contribution in [3.63, 3.8) is 0 Å². The molecule has 1 atom stereocenters. The molecule has 0 aliphatic rings. The van der Waals surface area contributed by atoms with Gasteiger partial charge in [-0.2, -0.15) is 11.3 Å². The van der Waals surface area contributed by atoms with Gasteiger partial charge in [-0.15, -0.1) is 0 Å². The van der Waals surface area contributed by atoms with Crippen LogP contribution in [-0.4, -0.2) is 29.4 Å². The quantitative estimate of drug-likeness (QED) is 0.615. The maximum absolute atomic E-state index is 11.9. The highest BCUT2D eigenvalue weighted by Crippen LogP contribution is 2.16. The van der Waals surface area contributed by atoms with E-state index in [4.69, 9.17) is 0 Å². The second kappa shape index (κ2) is 8.23. The summed E-state index contributed by atoms with van der Waals surface area (Å²) >= 11 is 1.43. The average Bonchev–Trinajstić information content (AvgIpc) is 3.06. The van der Waals surface area contributed by atoms with Crippen LogP contribution in [0.2, 0.25) is 0 Å². The van der Waals surface area contributed by atoms with Gasteiger partial charge in [0.1, 0.15) is 0 Å². The van der Waals surface area contributed by atoms with Gasteiger partial charge in [0, 0.05) is 24.8 Å². The minimum Gasteiger partial charge on any atom is -0.387 e. The predicted octanol–water partition coefficient (Wildman–Crippen LogP) is 1.49. The fourth-order valence-electron chi connectivity index (χ4n) is 1.92. The Kier molecular flexibility index (Phi) is 6.05. The number of hydrogen-bond donors (Lipinski definition) is 4. The average molecular weight is 347 g/mol. The third-order valence-corrected chi connectivity index (χ3v) is 3.73. The molecule has 0 saturated carbocycles. The number of aliphatic hydroxyl groups excluding tert-OH is 1. The first-order valence-electron chi connectivity index (χ1n) is 7.12. The molecule has 0 fully saturated rings. The molecule has 1 heterocycles. The molecule has 2 aromatic rings. The summed E-state index contributed by atoms with van der Waals surface area (Å²) in [6.45, 7) is 1.31. The van der Waals surface area contributed by atoms with Crippen molar-refractivity contribution >= 4 is 40.4 Å². The lowest BCUT2D eigenvalue weighted by molar-refractivity contribution is -0.136. The van der Waals surface area contributed by atoms with E-state index in [1.165, 1.54) is 24.3 Å². The lowest BCUT2D eigenvalue weighted by atomic mass is 10.2. The summed E-state index contributed by atoms with van der Waals surface area (Å²) in [5, 5.41) is 20.8. The van der Waals surface area contributed by atoms with Gasteiger partial charge in [-0.05, 0) is 40.6 Å². The standard InChI is InChI=1S/C16H17N3O4S/c1-10(20)18-12-3-2-4-13(7-12)19-16(23)15(22)17-8-14(21)11-5-6-24-9-11/h2-7,9,14,21H,8H2,1H3,(H,17,22)(H,18,20)(H,19,23). The van der Waals surface area contributed by atoms with Crippen LogP contribution in [0.5, 0.6) is 0 Å². The summed E-state index contributed by atoms with van der Waals surface area (Å²) in [5.41, 5.74) is 1.57. The number of carbonyl (C=O) groups excluding carboxylic acids is 3. The van der Waals surface area contributed by atoms with Crippen LogP contribution < -0.4 is 16.0 Å². The molecule has 1 unspecified atom stereocenters.